The van der Waals surface area contributed by atoms with E-state index < -0.39 is 0 Å². The van der Waals surface area contributed by atoms with Gasteiger partial charge in [-0.25, -0.2) is 4.39 Å². The van der Waals surface area contributed by atoms with Crippen molar-refractivity contribution < 1.29 is 9.13 Å². The van der Waals surface area contributed by atoms with Crippen LogP contribution in [-0.4, -0.2) is 13.2 Å². The molecule has 0 amide bonds. The Balaban J connectivity index is 1.79. The molecule has 0 atom stereocenters. The van der Waals surface area contributed by atoms with Crippen molar-refractivity contribution in [3.05, 3.63) is 59.9 Å². The van der Waals surface area contributed by atoms with Crippen molar-refractivity contribution in [3.63, 3.8) is 0 Å². The second kappa shape index (κ2) is 8.70. The fourth-order valence-electron chi connectivity index (χ4n) is 1.86. The summed E-state index contributed by atoms with van der Waals surface area (Å²) >= 11 is 1.68. The molecular weight excluding hydrogens is 285 g/mol. The van der Waals surface area contributed by atoms with Crippen molar-refractivity contribution in [3.8, 4) is 5.75 Å². The molecule has 2 rings (SSSR count). The molecule has 0 aliphatic heterocycles. The first kappa shape index (κ1) is 15.9. The highest BCUT2D eigenvalue weighted by Crippen LogP contribution is 2.25. The lowest BCUT2D eigenvalue weighted by atomic mass is 10.2. The van der Waals surface area contributed by atoms with Gasteiger partial charge in [0.25, 0.3) is 0 Å². The van der Waals surface area contributed by atoms with Crippen molar-refractivity contribution >= 4 is 11.8 Å². The lowest BCUT2D eigenvalue weighted by molar-refractivity contribution is 0.307. The highest BCUT2D eigenvalue weighted by molar-refractivity contribution is 7.98. The predicted octanol–water partition coefficient (Wildman–Crippen LogP) is 4.24. The second-order valence-electron chi connectivity index (χ2n) is 4.73. The topological polar surface area (TPSA) is 35.2 Å². The van der Waals surface area contributed by atoms with Crippen LogP contribution in [0.2, 0.25) is 0 Å². The Morgan fingerprint density at radius 2 is 1.86 bits per heavy atom. The van der Waals surface area contributed by atoms with Crippen LogP contribution < -0.4 is 10.5 Å². The molecule has 21 heavy (non-hydrogen) atoms. The van der Waals surface area contributed by atoms with E-state index in [0.717, 1.165) is 34.8 Å². The Labute approximate surface area is 129 Å². The van der Waals surface area contributed by atoms with Gasteiger partial charge in [0.2, 0.25) is 0 Å². The van der Waals surface area contributed by atoms with Gasteiger partial charge < -0.3 is 10.5 Å². The van der Waals surface area contributed by atoms with E-state index in [2.05, 4.69) is 0 Å². The van der Waals surface area contributed by atoms with E-state index >= 15 is 0 Å². The summed E-state index contributed by atoms with van der Waals surface area (Å²) in [4.78, 5) is 1.15. The Hall–Kier alpha value is -1.52. The van der Waals surface area contributed by atoms with E-state index in [-0.39, 0.29) is 5.82 Å². The summed E-state index contributed by atoms with van der Waals surface area (Å²) in [5, 5.41) is 0. The zero-order valence-corrected chi connectivity index (χ0v) is 12.7. The van der Waals surface area contributed by atoms with Crippen LogP contribution in [-0.2, 0) is 5.75 Å². The Morgan fingerprint density at radius 1 is 1.05 bits per heavy atom. The number of unbranched alkanes of at least 4 members (excludes halogenated alkanes) is 1. The van der Waals surface area contributed by atoms with Gasteiger partial charge in [0.15, 0.2) is 0 Å². The van der Waals surface area contributed by atoms with Crippen LogP contribution in [0.3, 0.4) is 0 Å². The fourth-order valence-corrected chi connectivity index (χ4v) is 2.70. The molecule has 112 valence electrons. The molecule has 0 spiro atoms. The van der Waals surface area contributed by atoms with Crippen molar-refractivity contribution in [1.29, 1.82) is 0 Å². The zero-order chi connectivity index (χ0) is 14.9. The van der Waals surface area contributed by atoms with E-state index in [4.69, 9.17) is 10.5 Å². The largest absolute Gasteiger partial charge is 0.494 e. The van der Waals surface area contributed by atoms with Crippen LogP contribution in [0.5, 0.6) is 5.75 Å². The first-order valence-electron chi connectivity index (χ1n) is 7.08. The van der Waals surface area contributed by atoms with Crippen molar-refractivity contribution in [2.75, 3.05) is 13.2 Å². The van der Waals surface area contributed by atoms with Crippen LogP contribution >= 0.6 is 11.8 Å². The molecule has 0 unspecified atom stereocenters. The van der Waals surface area contributed by atoms with E-state index in [1.807, 2.05) is 30.3 Å². The highest BCUT2D eigenvalue weighted by Gasteiger charge is 1.99. The lowest BCUT2D eigenvalue weighted by Gasteiger charge is -2.07. The molecule has 0 heterocycles. The number of rotatable bonds is 8. The number of hydrogen-bond acceptors (Lipinski definition) is 3. The van der Waals surface area contributed by atoms with Gasteiger partial charge in [-0.3, -0.25) is 0 Å². The third-order valence-electron chi connectivity index (χ3n) is 2.99. The molecule has 0 aliphatic rings. The molecule has 0 aliphatic carbocycles. The first-order valence-corrected chi connectivity index (χ1v) is 8.06. The van der Waals surface area contributed by atoms with Gasteiger partial charge in [0.1, 0.15) is 11.6 Å². The minimum atomic E-state index is -0.186. The summed E-state index contributed by atoms with van der Waals surface area (Å²) in [6, 6.07) is 14.7. The molecule has 2 N–H and O–H groups in total. The van der Waals surface area contributed by atoms with Crippen LogP contribution in [0, 0.1) is 5.82 Å². The molecule has 0 fully saturated rings. The van der Waals surface area contributed by atoms with Gasteiger partial charge in [0, 0.05) is 10.6 Å². The molecule has 2 nitrogen and oxygen atoms in total. The highest BCUT2D eigenvalue weighted by atomic mass is 32.2. The average Bonchev–Trinajstić information content (AvgIpc) is 2.51. The third-order valence-corrected chi connectivity index (χ3v) is 4.07. The zero-order valence-electron chi connectivity index (χ0n) is 11.9. The maximum absolute atomic E-state index is 13.1. The minimum absolute atomic E-state index is 0.186. The SMILES string of the molecule is NCCCCOc1ccc(SCc2cccc(F)c2)cc1. The first-order chi connectivity index (χ1) is 10.3. The number of ether oxygens (including phenoxy) is 1. The summed E-state index contributed by atoms with van der Waals surface area (Å²) in [5.41, 5.74) is 6.42. The quantitative estimate of drug-likeness (QED) is 0.585. The van der Waals surface area contributed by atoms with Gasteiger partial charge in [-0.15, -0.1) is 11.8 Å². The maximum Gasteiger partial charge on any atom is 0.123 e. The Morgan fingerprint density at radius 3 is 2.57 bits per heavy atom. The van der Waals surface area contributed by atoms with E-state index in [1.54, 1.807) is 23.9 Å². The Bertz CT molecular complexity index is 545. The number of hydrogen-bond donors (Lipinski definition) is 1. The summed E-state index contributed by atoms with van der Waals surface area (Å²) < 4.78 is 18.7. The molecule has 2 aromatic rings. The van der Waals surface area contributed by atoms with Crippen LogP contribution in [0.1, 0.15) is 18.4 Å². The number of halogens is 1. The van der Waals surface area contributed by atoms with Crippen molar-refractivity contribution in [1.82, 2.24) is 0 Å². The molecule has 0 bridgehead atoms. The molecule has 4 heteroatoms. The molecule has 0 saturated carbocycles. The van der Waals surface area contributed by atoms with Crippen LogP contribution in [0.4, 0.5) is 4.39 Å². The van der Waals surface area contributed by atoms with Crippen LogP contribution in [0.15, 0.2) is 53.4 Å². The molecule has 0 aromatic heterocycles. The summed E-state index contributed by atoms with van der Waals surface area (Å²) in [6.07, 6.45) is 1.97. The smallest absolute Gasteiger partial charge is 0.123 e. The molecule has 0 radical (unpaired) electrons. The third kappa shape index (κ3) is 5.78. The predicted molar refractivity (Wildman–Crippen MR) is 86.2 cm³/mol. The molecule has 2 aromatic carbocycles. The number of nitrogens with two attached hydrogens (primary N) is 1. The second-order valence-corrected chi connectivity index (χ2v) is 5.78. The lowest BCUT2D eigenvalue weighted by Crippen LogP contribution is -2.03. The maximum atomic E-state index is 13.1. The van der Waals surface area contributed by atoms with Crippen LogP contribution in [0.25, 0.3) is 0 Å². The van der Waals surface area contributed by atoms with Crippen molar-refractivity contribution in [2.24, 2.45) is 5.73 Å². The summed E-state index contributed by atoms with van der Waals surface area (Å²) in [6.45, 7) is 1.41. The standard InChI is InChI=1S/C17H20FNOS/c18-15-5-3-4-14(12-15)13-21-17-8-6-16(7-9-17)20-11-2-1-10-19/h3-9,12H,1-2,10-11,13,19H2. The van der Waals surface area contributed by atoms with E-state index in [1.165, 1.54) is 6.07 Å². The van der Waals surface area contributed by atoms with Gasteiger partial charge in [-0.1, -0.05) is 12.1 Å². The van der Waals surface area contributed by atoms with Gasteiger partial charge >= 0.3 is 0 Å². The summed E-state index contributed by atoms with van der Waals surface area (Å²) in [5.74, 6) is 1.45. The fraction of sp³-hybridized carbons (Fsp3) is 0.294. The minimum Gasteiger partial charge on any atom is -0.494 e. The monoisotopic (exact) mass is 305 g/mol. The normalized spacial score (nSPS) is 10.6. The van der Waals surface area contributed by atoms with Crippen molar-refractivity contribution in [2.45, 2.75) is 23.5 Å². The van der Waals surface area contributed by atoms with Gasteiger partial charge in [-0.05, 0) is 61.3 Å². The van der Waals surface area contributed by atoms with E-state index in [0.29, 0.717) is 13.2 Å². The molecular formula is C17H20FNOS. The molecule has 0 saturated heterocycles. The van der Waals surface area contributed by atoms with Gasteiger partial charge in [0.05, 0.1) is 6.61 Å². The van der Waals surface area contributed by atoms with E-state index in [9.17, 15) is 4.39 Å². The number of thioether (sulfide) groups is 1. The van der Waals surface area contributed by atoms with Gasteiger partial charge in [-0.2, -0.15) is 0 Å². The summed E-state index contributed by atoms with van der Waals surface area (Å²) in [7, 11) is 0. The average molecular weight is 305 g/mol. The number of benzene rings is 2. The Kier molecular flexibility index (Phi) is 6.57.